The molecule has 0 atom stereocenters. The Morgan fingerprint density at radius 2 is 2.14 bits per heavy atom. The predicted octanol–water partition coefficient (Wildman–Crippen LogP) is 1.39. The molecule has 0 N–H and O–H groups in total. The highest BCUT2D eigenvalue weighted by atomic mass is 16.1. The third-order valence-electron chi connectivity index (χ3n) is 0.622. The molecule has 40 valence electrons. The summed E-state index contributed by atoms with van der Waals surface area (Å²) in [5.74, 6) is 1.27. The molecule has 0 rings (SSSR count). The van der Waals surface area contributed by atoms with Crippen molar-refractivity contribution in [3.8, 4) is 0 Å². The van der Waals surface area contributed by atoms with Crippen molar-refractivity contribution < 1.29 is 4.79 Å². The molecule has 1 heteroatoms. The quantitative estimate of drug-likeness (QED) is 0.487. The van der Waals surface area contributed by atoms with Crippen LogP contribution in [0.4, 0.5) is 0 Å². The van der Waals surface area contributed by atoms with E-state index in [9.17, 15) is 4.79 Å². The third kappa shape index (κ3) is 5.67. The largest absolute Gasteiger partial charge is 0.303 e. The molecular weight excluding hydrogens is 88.1 g/mol. The van der Waals surface area contributed by atoms with Gasteiger partial charge in [0, 0.05) is 6.42 Å². The normalized spacial score (nSPS) is 9.57. The van der Waals surface area contributed by atoms with E-state index in [1.165, 1.54) is 5.92 Å². The molecule has 0 spiro atoms. The number of rotatable bonds is 3. The summed E-state index contributed by atoms with van der Waals surface area (Å²) in [6, 6.07) is 0. The molecule has 0 saturated carbocycles. The van der Waals surface area contributed by atoms with Gasteiger partial charge >= 0.3 is 0 Å². The van der Waals surface area contributed by atoms with E-state index < -0.39 is 0 Å². The Morgan fingerprint density at radius 1 is 1.57 bits per heavy atom. The van der Waals surface area contributed by atoms with E-state index in [4.69, 9.17) is 0 Å². The van der Waals surface area contributed by atoms with E-state index in [-0.39, 0.29) is 0 Å². The lowest BCUT2D eigenvalue weighted by molar-refractivity contribution is -0.105. The number of carbonyl (C=O) groups is 1. The van der Waals surface area contributed by atoms with Crippen LogP contribution in [0, 0.1) is 12.3 Å². The maximum Gasteiger partial charge on any atom is 0.123 e. The third-order valence-corrected chi connectivity index (χ3v) is 0.622. The lowest BCUT2D eigenvalue weighted by Crippen LogP contribution is -1.84. The van der Waals surface area contributed by atoms with Gasteiger partial charge in [0.05, 0.1) is 0 Å². The number of carbonyl (C=O) groups excluding carboxylic acids is 1. The molecule has 0 amide bonds. The molecular formula is C6H10O. The van der Waals surface area contributed by atoms with Crippen LogP contribution in [-0.4, -0.2) is 6.29 Å². The van der Waals surface area contributed by atoms with Crippen molar-refractivity contribution in [1.82, 2.24) is 0 Å². The Hall–Kier alpha value is -0.330. The molecule has 0 bridgehead atoms. The van der Waals surface area contributed by atoms with E-state index in [0.717, 1.165) is 12.7 Å². The van der Waals surface area contributed by atoms with Gasteiger partial charge in [0.2, 0.25) is 0 Å². The fourth-order valence-electron chi connectivity index (χ4n) is 0.284. The van der Waals surface area contributed by atoms with E-state index in [2.05, 4.69) is 0 Å². The molecule has 1 nitrogen and oxygen atoms in total. The van der Waals surface area contributed by atoms with Crippen molar-refractivity contribution in [2.24, 2.45) is 0 Å². The standard InChI is InChI=1S/C6H10O/c1-6(2)4-3-5-7/h3,5H,4H2,1-2H3. The SMILES string of the molecule is C[C](C)C[CH]C=O. The zero-order valence-corrected chi connectivity index (χ0v) is 4.77. The van der Waals surface area contributed by atoms with Crippen molar-refractivity contribution in [3.63, 3.8) is 0 Å². The van der Waals surface area contributed by atoms with Gasteiger partial charge in [-0.05, 0) is 12.3 Å². The molecule has 0 aliphatic carbocycles. The monoisotopic (exact) mass is 98.1 g/mol. The Balaban J connectivity index is 2.81. The van der Waals surface area contributed by atoms with Gasteiger partial charge in [-0.15, -0.1) is 0 Å². The van der Waals surface area contributed by atoms with Crippen molar-refractivity contribution in [2.45, 2.75) is 20.3 Å². The molecule has 2 radical (unpaired) electrons. The Bertz CT molecular complexity index is 48.1. The topological polar surface area (TPSA) is 17.1 Å². The van der Waals surface area contributed by atoms with Crippen LogP contribution in [0.1, 0.15) is 20.3 Å². The zero-order valence-electron chi connectivity index (χ0n) is 4.77. The zero-order chi connectivity index (χ0) is 5.70. The molecule has 0 heterocycles. The maximum absolute atomic E-state index is 9.64. The van der Waals surface area contributed by atoms with Crippen molar-refractivity contribution in [3.05, 3.63) is 12.3 Å². The molecule has 0 fully saturated rings. The van der Waals surface area contributed by atoms with Crippen LogP contribution in [-0.2, 0) is 4.79 Å². The first-order chi connectivity index (χ1) is 3.27. The minimum absolute atomic E-state index is 0.823. The molecule has 0 aliphatic rings. The van der Waals surface area contributed by atoms with Gasteiger partial charge < -0.3 is 4.79 Å². The van der Waals surface area contributed by atoms with Crippen molar-refractivity contribution in [2.75, 3.05) is 0 Å². The molecule has 0 unspecified atom stereocenters. The van der Waals surface area contributed by atoms with Crippen LogP contribution < -0.4 is 0 Å². The lowest BCUT2D eigenvalue weighted by Gasteiger charge is -1.94. The molecule has 7 heavy (non-hydrogen) atoms. The van der Waals surface area contributed by atoms with Gasteiger partial charge in [0.15, 0.2) is 0 Å². The van der Waals surface area contributed by atoms with Gasteiger partial charge in [0.1, 0.15) is 6.29 Å². The molecule has 0 saturated heterocycles. The van der Waals surface area contributed by atoms with Gasteiger partial charge in [0.25, 0.3) is 0 Å². The van der Waals surface area contributed by atoms with E-state index in [0.29, 0.717) is 0 Å². The highest BCUT2D eigenvalue weighted by Crippen LogP contribution is 2.01. The van der Waals surface area contributed by atoms with E-state index in [1.54, 1.807) is 6.42 Å². The Labute approximate surface area is 44.7 Å². The van der Waals surface area contributed by atoms with Gasteiger partial charge in [-0.25, -0.2) is 0 Å². The average Bonchev–Trinajstić information content (AvgIpc) is 1.61. The summed E-state index contributed by atoms with van der Waals surface area (Å²) in [5, 5.41) is 0. The lowest BCUT2D eigenvalue weighted by atomic mass is 10.1. The van der Waals surface area contributed by atoms with E-state index >= 15 is 0 Å². The van der Waals surface area contributed by atoms with Crippen LogP contribution in [0.3, 0.4) is 0 Å². The Kier molecular flexibility index (Phi) is 3.67. The van der Waals surface area contributed by atoms with Crippen molar-refractivity contribution in [1.29, 1.82) is 0 Å². The molecule has 0 aromatic rings. The highest BCUT2D eigenvalue weighted by molar-refractivity contribution is 5.61. The fraction of sp³-hybridized carbons (Fsp3) is 0.500. The fourth-order valence-corrected chi connectivity index (χ4v) is 0.284. The number of aldehydes is 1. The van der Waals surface area contributed by atoms with Crippen LogP contribution in [0.15, 0.2) is 0 Å². The van der Waals surface area contributed by atoms with Crippen LogP contribution in [0.5, 0.6) is 0 Å². The first-order valence-corrected chi connectivity index (χ1v) is 2.33. The smallest absolute Gasteiger partial charge is 0.123 e. The minimum Gasteiger partial charge on any atom is -0.303 e. The first kappa shape index (κ1) is 6.67. The van der Waals surface area contributed by atoms with Crippen LogP contribution in [0.25, 0.3) is 0 Å². The number of hydrogen-bond acceptors (Lipinski definition) is 1. The van der Waals surface area contributed by atoms with Crippen molar-refractivity contribution >= 4 is 6.29 Å². The first-order valence-electron chi connectivity index (χ1n) is 2.33. The molecule has 0 aromatic heterocycles. The highest BCUT2D eigenvalue weighted by Gasteiger charge is 1.90. The summed E-state index contributed by atoms with van der Waals surface area (Å²) in [5.41, 5.74) is 0. The predicted molar refractivity (Wildman–Crippen MR) is 29.6 cm³/mol. The van der Waals surface area contributed by atoms with Crippen LogP contribution in [0.2, 0.25) is 0 Å². The minimum atomic E-state index is 0.823. The summed E-state index contributed by atoms with van der Waals surface area (Å²) in [6.07, 6.45) is 3.26. The van der Waals surface area contributed by atoms with Gasteiger partial charge in [-0.3, -0.25) is 0 Å². The summed E-state index contributed by atoms with van der Waals surface area (Å²) in [6.45, 7) is 4.00. The van der Waals surface area contributed by atoms with E-state index in [1.807, 2.05) is 13.8 Å². The second-order valence-corrected chi connectivity index (χ2v) is 1.78. The maximum atomic E-state index is 9.64. The second kappa shape index (κ2) is 3.85. The summed E-state index contributed by atoms with van der Waals surface area (Å²) in [7, 11) is 0. The van der Waals surface area contributed by atoms with Gasteiger partial charge in [-0.1, -0.05) is 13.8 Å². The second-order valence-electron chi connectivity index (χ2n) is 1.78. The average molecular weight is 98.1 g/mol. The Morgan fingerprint density at radius 3 is 2.29 bits per heavy atom. The van der Waals surface area contributed by atoms with Crippen LogP contribution >= 0.6 is 0 Å². The molecule has 0 aromatic carbocycles. The summed E-state index contributed by atoms with van der Waals surface area (Å²) in [4.78, 5) is 9.64. The molecule has 0 aliphatic heterocycles. The van der Waals surface area contributed by atoms with Gasteiger partial charge in [-0.2, -0.15) is 0 Å². The number of hydrogen-bond donors (Lipinski definition) is 0. The summed E-state index contributed by atoms with van der Waals surface area (Å²) < 4.78 is 0. The summed E-state index contributed by atoms with van der Waals surface area (Å²) >= 11 is 0.